The van der Waals surface area contributed by atoms with E-state index in [9.17, 15) is 9.59 Å². The summed E-state index contributed by atoms with van der Waals surface area (Å²) < 4.78 is 0.969. The molecule has 3 rings (SSSR count). The first-order chi connectivity index (χ1) is 11.1. The molecule has 1 aromatic carbocycles. The van der Waals surface area contributed by atoms with Crippen LogP contribution in [0.1, 0.15) is 38.5 Å². The van der Waals surface area contributed by atoms with Gasteiger partial charge in [-0.3, -0.25) is 20.4 Å². The molecule has 2 N–H and O–H groups in total. The van der Waals surface area contributed by atoms with E-state index in [0.29, 0.717) is 4.88 Å². The summed E-state index contributed by atoms with van der Waals surface area (Å²) in [5.74, 6) is -0.476. The summed E-state index contributed by atoms with van der Waals surface area (Å²) in [5, 5.41) is 0. The van der Waals surface area contributed by atoms with Gasteiger partial charge in [-0.2, -0.15) is 0 Å². The summed E-state index contributed by atoms with van der Waals surface area (Å²) in [6, 6.07) is 9.47. The van der Waals surface area contributed by atoms with E-state index < -0.39 is 0 Å². The Morgan fingerprint density at radius 1 is 1.09 bits per heavy atom. The van der Waals surface area contributed by atoms with Gasteiger partial charge in [0.1, 0.15) is 0 Å². The van der Waals surface area contributed by atoms with Crippen LogP contribution in [0.4, 0.5) is 0 Å². The molecule has 1 aliphatic rings. The molecule has 4 nitrogen and oxygen atoms in total. The maximum Gasteiger partial charge on any atom is 0.279 e. The minimum absolute atomic E-state index is 0.231. The molecule has 0 fully saturated rings. The number of nitrogens with one attached hydrogen (secondary N) is 2. The third-order valence-corrected chi connectivity index (χ3v) is 5.58. The van der Waals surface area contributed by atoms with Crippen LogP contribution in [0.2, 0.25) is 0 Å². The molecular formula is C17H17BrN2O2S. The van der Waals surface area contributed by atoms with Gasteiger partial charge in [-0.15, -0.1) is 11.3 Å². The summed E-state index contributed by atoms with van der Waals surface area (Å²) in [6.07, 6.45) is 4.72. The first kappa shape index (κ1) is 16.2. The van der Waals surface area contributed by atoms with Crippen LogP contribution in [0.25, 0.3) is 0 Å². The fourth-order valence-corrected chi connectivity index (χ4v) is 4.04. The van der Waals surface area contributed by atoms with E-state index in [2.05, 4.69) is 26.8 Å². The Hall–Kier alpha value is -1.66. The number of amides is 2. The minimum Gasteiger partial charge on any atom is -0.273 e. The maximum atomic E-state index is 12.1. The number of hydrogen-bond donors (Lipinski definition) is 2. The Morgan fingerprint density at radius 2 is 1.83 bits per heavy atom. The zero-order chi connectivity index (χ0) is 16.2. The highest BCUT2D eigenvalue weighted by atomic mass is 79.9. The van der Waals surface area contributed by atoms with E-state index in [0.717, 1.165) is 22.9 Å². The van der Waals surface area contributed by atoms with Gasteiger partial charge in [-0.25, -0.2) is 0 Å². The summed E-state index contributed by atoms with van der Waals surface area (Å²) in [6.45, 7) is 0. The van der Waals surface area contributed by atoms with Crippen molar-refractivity contribution in [3.63, 3.8) is 0 Å². The second kappa shape index (κ2) is 7.27. The number of carbonyl (C=O) groups excluding carboxylic acids is 2. The normalized spacial score (nSPS) is 13.3. The average Bonchev–Trinajstić information content (AvgIpc) is 2.99. The maximum absolute atomic E-state index is 12.1. The standard InChI is InChI=1S/C17H17BrN2O2S/c18-13-7-5-11(6-8-13)9-16(21)19-20-17(22)15-10-12-3-1-2-4-14(12)23-15/h5-8,10H,1-4,9H2,(H,19,21)(H,20,22). The lowest BCUT2D eigenvalue weighted by molar-refractivity contribution is -0.121. The van der Waals surface area contributed by atoms with Gasteiger partial charge in [-0.1, -0.05) is 28.1 Å². The van der Waals surface area contributed by atoms with Gasteiger partial charge in [-0.05, 0) is 55.0 Å². The molecule has 6 heteroatoms. The van der Waals surface area contributed by atoms with Gasteiger partial charge in [0.05, 0.1) is 11.3 Å². The van der Waals surface area contributed by atoms with Crippen LogP contribution in [0.5, 0.6) is 0 Å². The van der Waals surface area contributed by atoms with Crippen molar-refractivity contribution in [3.8, 4) is 0 Å². The summed E-state index contributed by atoms with van der Waals surface area (Å²) in [4.78, 5) is 26.0. The molecule has 1 heterocycles. The number of aryl methyl sites for hydroxylation is 2. The van der Waals surface area contributed by atoms with Crippen molar-refractivity contribution in [2.45, 2.75) is 32.1 Å². The molecule has 0 spiro atoms. The van der Waals surface area contributed by atoms with Crippen molar-refractivity contribution in [3.05, 3.63) is 55.7 Å². The molecule has 1 aliphatic carbocycles. The number of hydrogen-bond acceptors (Lipinski definition) is 3. The Morgan fingerprint density at radius 3 is 2.57 bits per heavy atom. The lowest BCUT2D eigenvalue weighted by atomic mass is 9.99. The number of hydrazine groups is 1. The fourth-order valence-electron chi connectivity index (χ4n) is 2.62. The lowest BCUT2D eigenvalue weighted by Crippen LogP contribution is -2.42. The lowest BCUT2D eigenvalue weighted by Gasteiger charge is -2.08. The molecule has 0 saturated carbocycles. The molecule has 0 saturated heterocycles. The van der Waals surface area contributed by atoms with Crippen molar-refractivity contribution < 1.29 is 9.59 Å². The molecule has 1 aromatic heterocycles. The Kier molecular flexibility index (Phi) is 5.13. The van der Waals surface area contributed by atoms with Crippen molar-refractivity contribution >= 4 is 39.1 Å². The predicted molar refractivity (Wildman–Crippen MR) is 94.4 cm³/mol. The highest BCUT2D eigenvalue weighted by molar-refractivity contribution is 9.10. The molecule has 23 heavy (non-hydrogen) atoms. The van der Waals surface area contributed by atoms with Crippen LogP contribution < -0.4 is 10.9 Å². The number of carbonyl (C=O) groups is 2. The SMILES string of the molecule is O=C(Cc1ccc(Br)cc1)NNC(=O)c1cc2c(s1)CCCC2. The molecule has 2 amide bonds. The quantitative estimate of drug-likeness (QED) is 0.786. The van der Waals surface area contributed by atoms with Crippen LogP contribution in [0, 0.1) is 0 Å². The van der Waals surface area contributed by atoms with Crippen LogP contribution in [0.3, 0.4) is 0 Å². The smallest absolute Gasteiger partial charge is 0.273 e. The largest absolute Gasteiger partial charge is 0.279 e. The summed E-state index contributed by atoms with van der Waals surface area (Å²) in [7, 11) is 0. The van der Waals surface area contributed by atoms with E-state index in [1.807, 2.05) is 30.3 Å². The first-order valence-corrected chi connectivity index (χ1v) is 9.18. The molecule has 2 aromatic rings. The van der Waals surface area contributed by atoms with Crippen molar-refractivity contribution in [1.29, 1.82) is 0 Å². The number of rotatable bonds is 3. The van der Waals surface area contributed by atoms with Crippen molar-refractivity contribution in [1.82, 2.24) is 10.9 Å². The molecular weight excluding hydrogens is 376 g/mol. The van der Waals surface area contributed by atoms with Crippen LogP contribution >= 0.6 is 27.3 Å². The highest BCUT2D eigenvalue weighted by Crippen LogP contribution is 2.29. The van der Waals surface area contributed by atoms with Gasteiger partial charge in [0.25, 0.3) is 5.91 Å². The first-order valence-electron chi connectivity index (χ1n) is 7.57. The predicted octanol–water partition coefficient (Wildman–Crippen LogP) is 3.39. The molecule has 0 radical (unpaired) electrons. The van der Waals surface area contributed by atoms with Gasteiger partial charge >= 0.3 is 0 Å². The van der Waals surface area contributed by atoms with Crippen LogP contribution in [-0.2, 0) is 24.1 Å². The highest BCUT2D eigenvalue weighted by Gasteiger charge is 2.17. The second-order valence-electron chi connectivity index (χ2n) is 5.57. The van der Waals surface area contributed by atoms with Crippen molar-refractivity contribution in [2.24, 2.45) is 0 Å². The molecule has 0 unspecified atom stereocenters. The summed E-state index contributed by atoms with van der Waals surface area (Å²) in [5.41, 5.74) is 7.16. The van der Waals surface area contributed by atoms with E-state index in [1.54, 1.807) is 0 Å². The molecule has 0 aliphatic heterocycles. The number of thiophene rings is 1. The Labute approximate surface area is 147 Å². The zero-order valence-electron chi connectivity index (χ0n) is 12.5. The average molecular weight is 393 g/mol. The van der Waals surface area contributed by atoms with E-state index in [-0.39, 0.29) is 18.2 Å². The number of benzene rings is 1. The topological polar surface area (TPSA) is 58.2 Å². The number of halogens is 1. The monoisotopic (exact) mass is 392 g/mol. The van der Waals surface area contributed by atoms with Crippen LogP contribution in [-0.4, -0.2) is 11.8 Å². The Bertz CT molecular complexity index is 701. The van der Waals surface area contributed by atoms with Gasteiger partial charge in [0, 0.05) is 9.35 Å². The third-order valence-electron chi connectivity index (χ3n) is 3.81. The number of fused-ring (bicyclic) bond motifs is 1. The van der Waals surface area contributed by atoms with E-state index >= 15 is 0 Å². The van der Waals surface area contributed by atoms with E-state index in [1.165, 1.54) is 34.6 Å². The molecule has 0 bridgehead atoms. The summed E-state index contributed by atoms with van der Waals surface area (Å²) >= 11 is 4.89. The molecule has 0 atom stereocenters. The minimum atomic E-state index is -0.242. The Balaban J connectivity index is 1.53. The van der Waals surface area contributed by atoms with E-state index in [4.69, 9.17) is 0 Å². The van der Waals surface area contributed by atoms with Crippen LogP contribution in [0.15, 0.2) is 34.8 Å². The second-order valence-corrected chi connectivity index (χ2v) is 7.62. The third kappa shape index (κ3) is 4.20. The van der Waals surface area contributed by atoms with Gasteiger partial charge < -0.3 is 0 Å². The van der Waals surface area contributed by atoms with Gasteiger partial charge in [0.15, 0.2) is 0 Å². The van der Waals surface area contributed by atoms with Crippen molar-refractivity contribution in [2.75, 3.05) is 0 Å². The zero-order valence-corrected chi connectivity index (χ0v) is 14.9. The van der Waals surface area contributed by atoms with Gasteiger partial charge in [0.2, 0.25) is 5.91 Å². The fraction of sp³-hybridized carbons (Fsp3) is 0.294. The molecule has 120 valence electrons.